The molecule has 2 aromatic heterocycles. The van der Waals surface area contributed by atoms with Crippen LogP contribution in [-0.2, 0) is 11.3 Å². The molecule has 1 atom stereocenters. The van der Waals surface area contributed by atoms with Gasteiger partial charge in [0.15, 0.2) is 11.5 Å². The number of hydrogen-bond donors (Lipinski definition) is 1. The number of nitrogens with one attached hydrogen (secondary N) is 1. The summed E-state index contributed by atoms with van der Waals surface area (Å²) in [5.74, 6) is 3.11. The van der Waals surface area contributed by atoms with Gasteiger partial charge in [-0.05, 0) is 45.2 Å². The second-order valence-corrected chi connectivity index (χ2v) is 11.6. The molecule has 1 N–H and O–H groups in total. The Bertz CT molecular complexity index is 1490. The monoisotopic (exact) mass is 608 g/mol. The second kappa shape index (κ2) is 13.7. The SMILES string of the molecule is CCN1CCN(C(=O)c2c(C)noc2C)CCC(=O)NCC2CCCN(C2)c2nc3cc(OC)c(OC)c(OC)c3cc2C1. The predicted octanol–water partition coefficient (Wildman–Crippen LogP) is 3.57. The second-order valence-electron chi connectivity index (χ2n) is 11.6. The third-order valence-electron chi connectivity index (χ3n) is 8.76. The smallest absolute Gasteiger partial charge is 0.259 e. The van der Waals surface area contributed by atoms with E-state index in [2.05, 4.69) is 33.3 Å². The van der Waals surface area contributed by atoms with Crippen molar-refractivity contribution < 1.29 is 28.3 Å². The molecule has 3 aromatic rings. The minimum atomic E-state index is -0.171. The summed E-state index contributed by atoms with van der Waals surface area (Å²) < 4.78 is 22.4. The third kappa shape index (κ3) is 6.40. The number of nitrogens with zero attached hydrogens (tertiary/aromatic N) is 5. The molecule has 1 aromatic carbocycles. The summed E-state index contributed by atoms with van der Waals surface area (Å²) in [4.78, 5) is 38.3. The summed E-state index contributed by atoms with van der Waals surface area (Å²) in [7, 11) is 4.83. The first-order valence-corrected chi connectivity index (χ1v) is 15.4. The predicted molar refractivity (Wildman–Crippen MR) is 167 cm³/mol. The molecule has 2 bridgehead atoms. The van der Waals surface area contributed by atoms with Crippen LogP contribution in [0.4, 0.5) is 5.82 Å². The molecule has 4 heterocycles. The van der Waals surface area contributed by atoms with Crippen LogP contribution in [0.3, 0.4) is 0 Å². The van der Waals surface area contributed by atoms with Crippen molar-refractivity contribution in [1.82, 2.24) is 25.3 Å². The molecule has 1 fully saturated rings. The summed E-state index contributed by atoms with van der Waals surface area (Å²) >= 11 is 0. The first kappa shape index (κ1) is 31.4. The number of amides is 2. The summed E-state index contributed by atoms with van der Waals surface area (Å²) in [5, 5.41) is 7.95. The maximum atomic E-state index is 13.7. The fraction of sp³-hybridized carbons (Fsp3) is 0.562. The quantitative estimate of drug-likeness (QED) is 0.460. The molecular weight excluding hydrogens is 564 g/mol. The number of benzene rings is 1. The Kier molecular flexibility index (Phi) is 9.77. The van der Waals surface area contributed by atoms with Crippen LogP contribution in [0.2, 0.25) is 0 Å². The topological polar surface area (TPSA) is 123 Å². The fourth-order valence-electron chi connectivity index (χ4n) is 6.33. The third-order valence-corrected chi connectivity index (χ3v) is 8.76. The highest BCUT2D eigenvalue weighted by Crippen LogP contribution is 2.44. The van der Waals surface area contributed by atoms with Gasteiger partial charge >= 0.3 is 0 Å². The fourth-order valence-corrected chi connectivity index (χ4v) is 6.33. The molecule has 2 aliphatic rings. The van der Waals surface area contributed by atoms with Crippen LogP contribution in [0, 0.1) is 19.8 Å². The van der Waals surface area contributed by atoms with Gasteiger partial charge in [-0.25, -0.2) is 4.98 Å². The summed E-state index contributed by atoms with van der Waals surface area (Å²) in [6.45, 7) is 10.6. The van der Waals surface area contributed by atoms with E-state index >= 15 is 0 Å². The summed E-state index contributed by atoms with van der Waals surface area (Å²) in [6.07, 6.45) is 2.26. The Morgan fingerprint density at radius 2 is 1.86 bits per heavy atom. The van der Waals surface area contributed by atoms with E-state index in [1.54, 1.807) is 40.1 Å². The van der Waals surface area contributed by atoms with Crippen LogP contribution in [0.5, 0.6) is 17.2 Å². The van der Waals surface area contributed by atoms with E-state index in [9.17, 15) is 9.59 Å². The van der Waals surface area contributed by atoms with E-state index in [-0.39, 0.29) is 24.2 Å². The van der Waals surface area contributed by atoms with E-state index in [4.69, 9.17) is 23.7 Å². The van der Waals surface area contributed by atoms with Crippen LogP contribution >= 0.6 is 0 Å². The molecule has 2 aliphatic heterocycles. The van der Waals surface area contributed by atoms with E-state index in [1.165, 1.54) is 0 Å². The van der Waals surface area contributed by atoms with Crippen LogP contribution in [0.25, 0.3) is 10.9 Å². The number of aromatic nitrogens is 2. The maximum absolute atomic E-state index is 13.7. The average Bonchev–Trinajstić information content (AvgIpc) is 3.38. The molecule has 0 aliphatic carbocycles. The Morgan fingerprint density at radius 1 is 1.07 bits per heavy atom. The number of hydrogen-bond acceptors (Lipinski definition) is 10. The summed E-state index contributed by atoms with van der Waals surface area (Å²) in [6, 6.07) is 4.04. The number of ether oxygens (including phenoxy) is 3. The molecule has 2 amide bonds. The number of carbonyl (C=O) groups is 2. The lowest BCUT2D eigenvalue weighted by Gasteiger charge is -2.35. The largest absolute Gasteiger partial charge is 0.493 e. The lowest BCUT2D eigenvalue weighted by molar-refractivity contribution is -0.121. The number of carbonyl (C=O) groups excluding carboxylic acids is 2. The van der Waals surface area contributed by atoms with Crippen molar-refractivity contribution in [3.63, 3.8) is 0 Å². The maximum Gasteiger partial charge on any atom is 0.259 e. The summed E-state index contributed by atoms with van der Waals surface area (Å²) in [5.41, 5.74) is 2.83. The van der Waals surface area contributed by atoms with Gasteiger partial charge in [-0.1, -0.05) is 12.1 Å². The Hall–Kier alpha value is -4.06. The average molecular weight is 609 g/mol. The first-order valence-electron chi connectivity index (χ1n) is 15.4. The molecule has 0 saturated carbocycles. The zero-order valence-electron chi connectivity index (χ0n) is 26.7. The molecular formula is C32H44N6O6. The lowest BCUT2D eigenvalue weighted by Crippen LogP contribution is -2.42. The van der Waals surface area contributed by atoms with Gasteiger partial charge in [0.1, 0.15) is 17.1 Å². The number of piperidine rings is 1. The van der Waals surface area contributed by atoms with Crippen LogP contribution in [0.15, 0.2) is 16.7 Å². The van der Waals surface area contributed by atoms with E-state index in [1.807, 2.05) is 6.07 Å². The van der Waals surface area contributed by atoms with Crippen molar-refractivity contribution in [2.45, 2.75) is 46.6 Å². The number of likely N-dealkylation sites (N-methyl/N-ethyl adjacent to an activating group) is 1. The zero-order valence-corrected chi connectivity index (χ0v) is 26.7. The van der Waals surface area contributed by atoms with Crippen molar-refractivity contribution >= 4 is 28.5 Å². The van der Waals surface area contributed by atoms with Gasteiger partial charge in [-0.15, -0.1) is 0 Å². The van der Waals surface area contributed by atoms with Crippen molar-refractivity contribution in [3.05, 3.63) is 34.7 Å². The van der Waals surface area contributed by atoms with E-state index in [0.29, 0.717) is 67.0 Å². The van der Waals surface area contributed by atoms with Gasteiger partial charge in [0, 0.05) is 69.3 Å². The van der Waals surface area contributed by atoms with E-state index < -0.39 is 0 Å². The number of rotatable bonds is 5. The standard InChI is InChI=1S/C32H44N6O6/c1-7-36-13-14-37(32(40)28-20(2)35-44-21(28)3)12-10-27(39)33-17-22-9-8-11-38(18-22)31-23(19-36)15-24-25(34-31)16-26(41-4)30(43-6)29(24)42-5/h15-16,22H,7-14,17-19H2,1-6H3,(H,33,39). The van der Waals surface area contributed by atoms with Crippen LogP contribution in [-0.4, -0.2) is 98.9 Å². The highest BCUT2D eigenvalue weighted by molar-refractivity contribution is 5.96. The number of fused-ring (bicyclic) bond motifs is 5. The first-order chi connectivity index (χ1) is 21.3. The van der Waals surface area contributed by atoms with Gasteiger partial charge in [-0.3, -0.25) is 14.5 Å². The van der Waals surface area contributed by atoms with Crippen molar-refractivity contribution in [1.29, 1.82) is 0 Å². The highest BCUT2D eigenvalue weighted by atomic mass is 16.5. The number of aryl methyl sites for hydroxylation is 2. The van der Waals surface area contributed by atoms with E-state index in [0.717, 1.165) is 54.8 Å². The number of methoxy groups -OCH3 is 3. The minimum Gasteiger partial charge on any atom is -0.493 e. The Morgan fingerprint density at radius 3 is 2.55 bits per heavy atom. The minimum absolute atomic E-state index is 0.0569. The highest BCUT2D eigenvalue weighted by Gasteiger charge is 2.28. The van der Waals surface area contributed by atoms with Gasteiger partial charge in [-0.2, -0.15) is 0 Å². The van der Waals surface area contributed by atoms with Gasteiger partial charge in [0.05, 0.1) is 32.5 Å². The molecule has 12 heteroatoms. The molecule has 44 heavy (non-hydrogen) atoms. The normalized spacial score (nSPS) is 18.7. The van der Waals surface area contributed by atoms with Gasteiger partial charge in [0.25, 0.3) is 5.91 Å². The van der Waals surface area contributed by atoms with Crippen molar-refractivity contribution in [2.75, 3.05) is 72.0 Å². The molecule has 1 saturated heterocycles. The van der Waals surface area contributed by atoms with Crippen LogP contribution in [0.1, 0.15) is 53.6 Å². The van der Waals surface area contributed by atoms with Gasteiger partial charge < -0.3 is 33.9 Å². The number of pyridine rings is 1. The molecule has 5 rings (SSSR count). The number of anilines is 1. The molecule has 238 valence electrons. The van der Waals surface area contributed by atoms with Crippen molar-refractivity contribution in [3.8, 4) is 17.2 Å². The van der Waals surface area contributed by atoms with Crippen molar-refractivity contribution in [2.24, 2.45) is 5.92 Å². The molecule has 0 spiro atoms. The van der Waals surface area contributed by atoms with Crippen LogP contribution < -0.4 is 24.4 Å². The Labute approximate surface area is 258 Å². The Balaban J connectivity index is 1.56. The molecule has 1 unspecified atom stereocenters. The molecule has 0 radical (unpaired) electrons. The lowest BCUT2D eigenvalue weighted by atomic mass is 9.97. The zero-order chi connectivity index (χ0) is 31.4. The van der Waals surface area contributed by atoms with Gasteiger partial charge in [0.2, 0.25) is 11.7 Å². The molecule has 12 nitrogen and oxygen atoms in total.